The van der Waals surface area contributed by atoms with Gasteiger partial charge in [-0.05, 0) is 44.9 Å². The Kier molecular flexibility index (Phi) is 18.2. The first-order valence-electron chi connectivity index (χ1n) is 13.7. The smallest absolute Gasteiger partial charge is 0.328 e. The molecule has 1 rings (SSSR count). The van der Waals surface area contributed by atoms with Gasteiger partial charge < -0.3 is 9.64 Å². The quantitative estimate of drug-likeness (QED) is 0.108. The molecular formula is C28H51NO3. The van der Waals surface area contributed by atoms with Crippen molar-refractivity contribution < 1.29 is 14.3 Å². The Balaban J connectivity index is 1.84. The van der Waals surface area contributed by atoms with Gasteiger partial charge in [-0.1, -0.05) is 96.1 Å². The van der Waals surface area contributed by atoms with E-state index in [1.165, 1.54) is 103 Å². The van der Waals surface area contributed by atoms with Gasteiger partial charge in [-0.15, -0.1) is 0 Å². The molecule has 0 spiro atoms. The lowest BCUT2D eigenvalue weighted by Crippen LogP contribution is -2.40. The summed E-state index contributed by atoms with van der Waals surface area (Å²) in [6.07, 6.45) is 29.1. The maximum atomic E-state index is 12.4. The third kappa shape index (κ3) is 14.0. The molecule has 1 heterocycles. The van der Waals surface area contributed by atoms with E-state index in [1.54, 1.807) is 4.90 Å². The van der Waals surface area contributed by atoms with Crippen molar-refractivity contribution in [2.45, 2.75) is 141 Å². The van der Waals surface area contributed by atoms with Crippen LogP contribution in [0, 0.1) is 0 Å². The summed E-state index contributed by atoms with van der Waals surface area (Å²) >= 11 is 0. The lowest BCUT2D eigenvalue weighted by molar-refractivity contribution is -0.151. The lowest BCUT2D eigenvalue weighted by Gasteiger charge is -2.22. The van der Waals surface area contributed by atoms with E-state index in [2.05, 4.69) is 19.1 Å². The van der Waals surface area contributed by atoms with Crippen LogP contribution in [0.25, 0.3) is 0 Å². The molecule has 0 aromatic carbocycles. The highest BCUT2D eigenvalue weighted by atomic mass is 16.5. The minimum absolute atomic E-state index is 0.124. The number of rotatable bonds is 20. The molecule has 4 heteroatoms. The molecule has 186 valence electrons. The zero-order chi connectivity index (χ0) is 23.3. The van der Waals surface area contributed by atoms with Crippen LogP contribution in [0.4, 0.5) is 0 Å². The number of allylic oxidation sites excluding steroid dienone is 2. The number of amides is 1. The molecule has 0 radical (unpaired) electrons. The fourth-order valence-electron chi connectivity index (χ4n) is 4.64. The Bertz CT molecular complexity index is 503. The van der Waals surface area contributed by atoms with E-state index in [9.17, 15) is 9.59 Å². The summed E-state index contributed by atoms with van der Waals surface area (Å²) in [4.78, 5) is 25.9. The number of methoxy groups -OCH3 is 1. The van der Waals surface area contributed by atoms with Gasteiger partial charge in [0.25, 0.3) is 0 Å². The molecule has 1 aliphatic rings. The molecule has 1 saturated heterocycles. The van der Waals surface area contributed by atoms with Gasteiger partial charge in [-0.3, -0.25) is 4.79 Å². The number of carbonyl (C=O) groups excluding carboxylic acids is 2. The zero-order valence-corrected chi connectivity index (χ0v) is 21.3. The van der Waals surface area contributed by atoms with Gasteiger partial charge >= 0.3 is 5.97 Å². The van der Waals surface area contributed by atoms with Gasteiger partial charge in [0.15, 0.2) is 0 Å². The maximum absolute atomic E-state index is 12.4. The SMILES string of the molecule is CCCCCCCCC=CCCCCCCCCCCCC(=O)N1CCC[C@H]1C(=O)OC. The monoisotopic (exact) mass is 449 g/mol. The van der Waals surface area contributed by atoms with Crippen molar-refractivity contribution in [1.29, 1.82) is 0 Å². The van der Waals surface area contributed by atoms with Crippen LogP contribution in [0.15, 0.2) is 12.2 Å². The lowest BCUT2D eigenvalue weighted by atomic mass is 10.0. The van der Waals surface area contributed by atoms with Crippen LogP contribution >= 0.6 is 0 Å². The molecule has 1 atom stereocenters. The van der Waals surface area contributed by atoms with Crippen LogP contribution in [0.5, 0.6) is 0 Å². The molecule has 1 aliphatic heterocycles. The fourth-order valence-corrected chi connectivity index (χ4v) is 4.64. The van der Waals surface area contributed by atoms with Crippen LogP contribution in [0.1, 0.15) is 135 Å². The minimum atomic E-state index is -0.344. The van der Waals surface area contributed by atoms with Crippen LogP contribution in [0.2, 0.25) is 0 Å². The van der Waals surface area contributed by atoms with Crippen LogP contribution < -0.4 is 0 Å². The summed E-state index contributed by atoms with van der Waals surface area (Å²) in [7, 11) is 1.40. The van der Waals surface area contributed by atoms with Gasteiger partial charge in [-0.2, -0.15) is 0 Å². The fraction of sp³-hybridized carbons (Fsp3) is 0.857. The molecular weight excluding hydrogens is 398 g/mol. The summed E-state index contributed by atoms with van der Waals surface area (Å²) in [6.45, 7) is 2.98. The van der Waals surface area contributed by atoms with Crippen molar-refractivity contribution in [3.63, 3.8) is 0 Å². The number of esters is 1. The first-order chi connectivity index (χ1) is 15.7. The van der Waals surface area contributed by atoms with E-state index in [0.29, 0.717) is 13.0 Å². The van der Waals surface area contributed by atoms with Crippen molar-refractivity contribution in [2.24, 2.45) is 0 Å². The molecule has 32 heavy (non-hydrogen) atoms. The average Bonchev–Trinajstić information content (AvgIpc) is 3.30. The second kappa shape index (κ2) is 20.3. The number of likely N-dealkylation sites (tertiary alicyclic amines) is 1. The predicted octanol–water partition coefficient (Wildman–Crippen LogP) is 7.75. The molecule has 1 amide bonds. The third-order valence-electron chi connectivity index (χ3n) is 6.70. The summed E-state index contributed by atoms with van der Waals surface area (Å²) in [6, 6.07) is -0.344. The molecule has 0 aliphatic carbocycles. The van der Waals surface area contributed by atoms with Gasteiger partial charge in [0, 0.05) is 13.0 Å². The van der Waals surface area contributed by atoms with Crippen molar-refractivity contribution >= 4 is 11.9 Å². The number of unbranched alkanes of at least 4 members (excludes halogenated alkanes) is 15. The van der Waals surface area contributed by atoms with Crippen LogP contribution in [-0.2, 0) is 14.3 Å². The van der Waals surface area contributed by atoms with Crippen LogP contribution in [-0.4, -0.2) is 36.5 Å². The molecule has 0 aromatic heterocycles. The number of nitrogens with zero attached hydrogens (tertiary/aromatic N) is 1. The first kappa shape index (κ1) is 28.7. The Morgan fingerprint density at radius 3 is 1.81 bits per heavy atom. The normalized spacial score (nSPS) is 16.2. The second-order valence-electron chi connectivity index (χ2n) is 9.52. The molecule has 4 nitrogen and oxygen atoms in total. The second-order valence-corrected chi connectivity index (χ2v) is 9.52. The highest BCUT2D eigenvalue weighted by Gasteiger charge is 2.34. The van der Waals surface area contributed by atoms with Gasteiger partial charge in [0.05, 0.1) is 7.11 Å². The Labute approximate surface area is 198 Å². The maximum Gasteiger partial charge on any atom is 0.328 e. The average molecular weight is 450 g/mol. The number of ether oxygens (including phenoxy) is 1. The summed E-state index contributed by atoms with van der Waals surface area (Å²) < 4.78 is 4.82. The number of hydrogen-bond donors (Lipinski definition) is 0. The minimum Gasteiger partial charge on any atom is -0.467 e. The molecule has 1 fully saturated rings. The van der Waals surface area contributed by atoms with E-state index in [0.717, 1.165) is 25.7 Å². The van der Waals surface area contributed by atoms with Crippen molar-refractivity contribution in [3.05, 3.63) is 12.2 Å². The number of carbonyl (C=O) groups is 2. The molecule has 0 bridgehead atoms. The topological polar surface area (TPSA) is 46.6 Å². The molecule has 0 aromatic rings. The largest absolute Gasteiger partial charge is 0.467 e. The van der Waals surface area contributed by atoms with Crippen molar-refractivity contribution in [3.8, 4) is 0 Å². The predicted molar refractivity (Wildman–Crippen MR) is 135 cm³/mol. The van der Waals surface area contributed by atoms with Crippen molar-refractivity contribution in [1.82, 2.24) is 4.90 Å². The van der Waals surface area contributed by atoms with Gasteiger partial charge in [0.1, 0.15) is 6.04 Å². The van der Waals surface area contributed by atoms with E-state index >= 15 is 0 Å². The Hall–Kier alpha value is -1.32. The van der Waals surface area contributed by atoms with Crippen LogP contribution in [0.3, 0.4) is 0 Å². The van der Waals surface area contributed by atoms with E-state index in [-0.39, 0.29) is 17.9 Å². The molecule has 0 unspecified atom stereocenters. The highest BCUT2D eigenvalue weighted by Crippen LogP contribution is 2.20. The standard InChI is InChI=1S/C28H51NO3/c1-3-4-5-6-7-8-9-10-11-12-13-14-15-16-17-18-19-20-21-24-27(30)29-25-22-23-26(29)28(31)32-2/h10-11,26H,3-9,12-25H2,1-2H3/t26-/m0/s1. The zero-order valence-electron chi connectivity index (χ0n) is 21.3. The first-order valence-corrected chi connectivity index (χ1v) is 13.7. The third-order valence-corrected chi connectivity index (χ3v) is 6.70. The van der Waals surface area contributed by atoms with E-state index < -0.39 is 0 Å². The summed E-state index contributed by atoms with van der Waals surface area (Å²) in [5.74, 6) is -0.140. The molecule has 0 saturated carbocycles. The van der Waals surface area contributed by atoms with Gasteiger partial charge in [0.2, 0.25) is 5.91 Å². The summed E-state index contributed by atoms with van der Waals surface area (Å²) in [5.41, 5.74) is 0. The Morgan fingerprint density at radius 1 is 0.781 bits per heavy atom. The van der Waals surface area contributed by atoms with Gasteiger partial charge in [-0.25, -0.2) is 4.79 Å². The Morgan fingerprint density at radius 2 is 1.28 bits per heavy atom. The summed E-state index contributed by atoms with van der Waals surface area (Å²) in [5, 5.41) is 0. The van der Waals surface area contributed by atoms with E-state index in [1.807, 2.05) is 0 Å². The van der Waals surface area contributed by atoms with E-state index in [4.69, 9.17) is 4.74 Å². The number of hydrogen-bond acceptors (Lipinski definition) is 3. The highest BCUT2D eigenvalue weighted by molar-refractivity contribution is 5.85. The van der Waals surface area contributed by atoms with Crippen molar-refractivity contribution in [2.75, 3.05) is 13.7 Å². The molecule has 0 N–H and O–H groups in total.